The maximum atomic E-state index is 14.0. The summed E-state index contributed by atoms with van der Waals surface area (Å²) in [7, 11) is 0. The number of ether oxygens (including phenoxy) is 1. The molecule has 0 fully saturated rings. The van der Waals surface area contributed by atoms with Crippen LogP contribution >= 0.6 is 0 Å². The van der Waals surface area contributed by atoms with Crippen molar-refractivity contribution in [1.29, 1.82) is 5.26 Å². The van der Waals surface area contributed by atoms with Gasteiger partial charge in [-0.3, -0.25) is 0 Å². The highest BCUT2D eigenvalue weighted by Crippen LogP contribution is 2.44. The topological polar surface area (TPSA) is 97.4 Å². The highest BCUT2D eigenvalue weighted by Gasteiger charge is 2.57. The molecule has 4 N–H and O–H groups in total. The quantitative estimate of drug-likeness (QED) is 0.763. The average Bonchev–Trinajstić information content (AvgIpc) is 2.37. The van der Waals surface area contributed by atoms with Gasteiger partial charge in [0, 0.05) is 5.56 Å². The molecule has 0 radical (unpaired) electrons. The predicted molar refractivity (Wildman–Crippen MR) is 65.4 cm³/mol. The maximum Gasteiger partial charge on any atom is 0.310 e. The molecule has 8 heteroatoms. The molecule has 1 aromatic rings. The standard InChI is InChI=1S/C12H11F3N4O/c1-11(12(14,15)5-19-10(18)20-11)7-3-9(17)6(4-16)2-8(7)13/h2-3H,5,17H2,1H3,(H2,18,19)/t11-/m1/s1. The number of alkyl halides is 2. The molecule has 5 nitrogen and oxygen atoms in total. The zero-order valence-electron chi connectivity index (χ0n) is 10.5. The number of halogens is 3. The summed E-state index contributed by atoms with van der Waals surface area (Å²) < 4.78 is 47.0. The number of rotatable bonds is 1. The number of nitrogens with two attached hydrogens (primary N) is 2. The number of nitrogen functional groups attached to an aromatic ring is 1. The predicted octanol–water partition coefficient (Wildman–Crippen LogP) is 1.47. The first-order valence-electron chi connectivity index (χ1n) is 5.57. The van der Waals surface area contributed by atoms with Crippen molar-refractivity contribution in [1.82, 2.24) is 0 Å². The average molecular weight is 284 g/mol. The fourth-order valence-electron chi connectivity index (χ4n) is 1.95. The van der Waals surface area contributed by atoms with Crippen molar-refractivity contribution in [2.75, 3.05) is 12.3 Å². The monoisotopic (exact) mass is 284 g/mol. The van der Waals surface area contributed by atoms with Gasteiger partial charge in [0.15, 0.2) is 0 Å². The van der Waals surface area contributed by atoms with E-state index in [-0.39, 0.29) is 11.3 Å². The smallest absolute Gasteiger partial charge is 0.310 e. The summed E-state index contributed by atoms with van der Waals surface area (Å²) in [6.45, 7) is 0.0765. The van der Waals surface area contributed by atoms with E-state index < -0.39 is 35.5 Å². The van der Waals surface area contributed by atoms with Crippen LogP contribution in [0.5, 0.6) is 0 Å². The first-order valence-corrected chi connectivity index (χ1v) is 5.57. The fourth-order valence-corrected chi connectivity index (χ4v) is 1.95. The molecule has 106 valence electrons. The van der Waals surface area contributed by atoms with Crippen molar-refractivity contribution in [3.8, 4) is 6.07 Å². The number of benzene rings is 1. The van der Waals surface area contributed by atoms with E-state index >= 15 is 0 Å². The summed E-state index contributed by atoms with van der Waals surface area (Å²) in [6.07, 6.45) is 0. The molecule has 20 heavy (non-hydrogen) atoms. The number of anilines is 1. The van der Waals surface area contributed by atoms with Crippen LogP contribution in [0.2, 0.25) is 0 Å². The third-order valence-electron chi connectivity index (χ3n) is 3.21. The third kappa shape index (κ3) is 1.91. The molecule has 0 spiro atoms. The molecule has 1 heterocycles. The van der Waals surface area contributed by atoms with Crippen LogP contribution in [0.1, 0.15) is 18.1 Å². The molecule has 0 bridgehead atoms. The minimum Gasteiger partial charge on any atom is -0.448 e. The van der Waals surface area contributed by atoms with Gasteiger partial charge in [-0.1, -0.05) is 0 Å². The van der Waals surface area contributed by atoms with E-state index in [1.54, 1.807) is 6.07 Å². The Morgan fingerprint density at radius 1 is 1.40 bits per heavy atom. The van der Waals surface area contributed by atoms with Crippen molar-refractivity contribution in [3.05, 3.63) is 29.1 Å². The zero-order valence-corrected chi connectivity index (χ0v) is 10.5. The van der Waals surface area contributed by atoms with Gasteiger partial charge in [0.25, 0.3) is 6.02 Å². The van der Waals surface area contributed by atoms with Crippen molar-refractivity contribution >= 4 is 11.7 Å². The first kappa shape index (κ1) is 14.0. The van der Waals surface area contributed by atoms with Crippen LogP contribution in [0.3, 0.4) is 0 Å². The molecule has 2 rings (SSSR count). The van der Waals surface area contributed by atoms with Crippen LogP contribution in [0.15, 0.2) is 17.1 Å². The molecule has 0 aliphatic carbocycles. The SMILES string of the molecule is C[C@]1(c2cc(N)c(C#N)cc2F)OC(N)=NCC1(F)F. The van der Waals surface area contributed by atoms with Crippen LogP contribution < -0.4 is 11.5 Å². The summed E-state index contributed by atoms with van der Waals surface area (Å²) >= 11 is 0. The lowest BCUT2D eigenvalue weighted by Gasteiger charge is -2.39. The Morgan fingerprint density at radius 3 is 2.65 bits per heavy atom. The second kappa shape index (κ2) is 4.30. The van der Waals surface area contributed by atoms with Gasteiger partial charge in [-0.15, -0.1) is 0 Å². The maximum absolute atomic E-state index is 14.0. The van der Waals surface area contributed by atoms with Gasteiger partial charge in [0.1, 0.15) is 18.4 Å². The van der Waals surface area contributed by atoms with Gasteiger partial charge in [-0.05, 0) is 19.1 Å². The lowest BCUT2D eigenvalue weighted by Crippen LogP contribution is -2.53. The van der Waals surface area contributed by atoms with Gasteiger partial charge in [0.05, 0.1) is 11.3 Å². The Labute approximate surface area is 112 Å². The Morgan fingerprint density at radius 2 is 2.05 bits per heavy atom. The number of hydrogen-bond acceptors (Lipinski definition) is 5. The lowest BCUT2D eigenvalue weighted by atomic mass is 9.86. The summed E-state index contributed by atoms with van der Waals surface area (Å²) in [5.41, 5.74) is 7.76. The van der Waals surface area contributed by atoms with Crippen LogP contribution in [0, 0.1) is 17.1 Å². The number of nitrogens with zero attached hydrogens (tertiary/aromatic N) is 2. The molecular weight excluding hydrogens is 273 g/mol. The zero-order chi connectivity index (χ0) is 15.1. The van der Waals surface area contributed by atoms with E-state index in [0.717, 1.165) is 19.1 Å². The van der Waals surface area contributed by atoms with E-state index in [1.807, 2.05) is 0 Å². The Balaban J connectivity index is 2.63. The lowest BCUT2D eigenvalue weighted by molar-refractivity contribution is -0.173. The van der Waals surface area contributed by atoms with E-state index in [0.29, 0.717) is 0 Å². The molecular formula is C12H11F3N4O. The number of aliphatic imine (C=N–C) groups is 1. The summed E-state index contributed by atoms with van der Waals surface area (Å²) in [5, 5.41) is 8.74. The molecule has 0 saturated carbocycles. The first-order chi connectivity index (χ1) is 9.21. The fraction of sp³-hybridized carbons (Fsp3) is 0.333. The molecule has 1 aliphatic heterocycles. The molecule has 0 aromatic heterocycles. The van der Waals surface area contributed by atoms with Crippen LogP contribution in [-0.4, -0.2) is 18.5 Å². The minimum atomic E-state index is -3.47. The summed E-state index contributed by atoms with van der Waals surface area (Å²) in [4.78, 5) is 3.31. The van der Waals surface area contributed by atoms with Gasteiger partial charge in [0.2, 0.25) is 5.60 Å². The van der Waals surface area contributed by atoms with Crippen LogP contribution in [0.25, 0.3) is 0 Å². The Hall–Kier alpha value is -2.43. The largest absolute Gasteiger partial charge is 0.448 e. The molecule has 1 aliphatic rings. The number of hydrogen-bond donors (Lipinski definition) is 2. The molecule has 1 aromatic carbocycles. The summed E-state index contributed by atoms with van der Waals surface area (Å²) in [5.74, 6) is -4.50. The van der Waals surface area contributed by atoms with Gasteiger partial charge in [-0.25, -0.2) is 9.38 Å². The van der Waals surface area contributed by atoms with E-state index in [1.165, 1.54) is 0 Å². The number of nitriles is 1. The van der Waals surface area contributed by atoms with Crippen molar-refractivity contribution < 1.29 is 17.9 Å². The molecule has 1 atom stereocenters. The van der Waals surface area contributed by atoms with Crippen LogP contribution in [0.4, 0.5) is 18.9 Å². The van der Waals surface area contributed by atoms with Crippen LogP contribution in [-0.2, 0) is 10.3 Å². The van der Waals surface area contributed by atoms with E-state index in [9.17, 15) is 13.2 Å². The van der Waals surface area contributed by atoms with Crippen molar-refractivity contribution in [2.45, 2.75) is 18.4 Å². The summed E-state index contributed by atoms with van der Waals surface area (Å²) in [6, 6.07) is 2.96. The van der Waals surface area contributed by atoms with Gasteiger partial charge in [-0.2, -0.15) is 14.0 Å². The Kier molecular flexibility index (Phi) is 3.01. The third-order valence-corrected chi connectivity index (χ3v) is 3.21. The molecule has 0 amide bonds. The highest BCUT2D eigenvalue weighted by atomic mass is 19.3. The minimum absolute atomic E-state index is 0.120. The molecule has 0 saturated heterocycles. The second-order valence-corrected chi connectivity index (χ2v) is 4.53. The van der Waals surface area contributed by atoms with E-state index in [4.69, 9.17) is 21.5 Å². The molecule has 0 unspecified atom stereocenters. The van der Waals surface area contributed by atoms with Crippen molar-refractivity contribution in [3.63, 3.8) is 0 Å². The van der Waals surface area contributed by atoms with Gasteiger partial charge < -0.3 is 16.2 Å². The number of amidine groups is 1. The normalized spacial score (nSPS) is 24.4. The Bertz CT molecular complexity index is 638. The van der Waals surface area contributed by atoms with Gasteiger partial charge >= 0.3 is 5.92 Å². The van der Waals surface area contributed by atoms with E-state index in [2.05, 4.69) is 4.99 Å². The second-order valence-electron chi connectivity index (χ2n) is 4.53. The van der Waals surface area contributed by atoms with Crippen molar-refractivity contribution in [2.24, 2.45) is 10.7 Å². The highest BCUT2D eigenvalue weighted by molar-refractivity contribution is 5.73.